The van der Waals surface area contributed by atoms with Gasteiger partial charge in [-0.15, -0.1) is 0 Å². The lowest BCUT2D eigenvalue weighted by molar-refractivity contribution is -0.121. The summed E-state index contributed by atoms with van der Waals surface area (Å²) in [6.45, 7) is 7.05. The van der Waals surface area contributed by atoms with Crippen molar-refractivity contribution >= 4 is 5.91 Å². The van der Waals surface area contributed by atoms with E-state index in [-0.39, 0.29) is 5.91 Å². The van der Waals surface area contributed by atoms with Crippen LogP contribution in [0, 0.1) is 20.8 Å². The second kappa shape index (κ2) is 5.74. The third-order valence-electron chi connectivity index (χ3n) is 3.33. The van der Waals surface area contributed by atoms with E-state index in [1.807, 2.05) is 42.7 Å². The van der Waals surface area contributed by atoms with Gasteiger partial charge in [0.15, 0.2) is 0 Å². The molecule has 100 valence electrons. The number of rotatable bonds is 4. The second-order valence-corrected chi connectivity index (χ2v) is 4.96. The summed E-state index contributed by atoms with van der Waals surface area (Å²) in [4.78, 5) is 11.9. The summed E-state index contributed by atoms with van der Waals surface area (Å²) in [7, 11) is 0. The van der Waals surface area contributed by atoms with Crippen LogP contribution >= 0.6 is 0 Å². The normalized spacial score (nSPS) is 10.5. The van der Waals surface area contributed by atoms with Crippen LogP contribution in [0.25, 0.3) is 0 Å². The Kier molecular flexibility index (Phi) is 4.05. The first-order valence-electron chi connectivity index (χ1n) is 6.51. The van der Waals surface area contributed by atoms with Gasteiger partial charge in [-0.25, -0.2) is 0 Å². The zero-order valence-corrected chi connectivity index (χ0v) is 11.7. The maximum Gasteiger partial charge on any atom is 0.240 e. The number of nitrogens with one attached hydrogen (secondary N) is 1. The van der Waals surface area contributed by atoms with Crippen molar-refractivity contribution in [1.82, 2.24) is 9.88 Å². The van der Waals surface area contributed by atoms with E-state index in [1.165, 1.54) is 5.56 Å². The highest BCUT2D eigenvalue weighted by molar-refractivity contribution is 5.75. The van der Waals surface area contributed by atoms with Crippen molar-refractivity contribution in [2.24, 2.45) is 0 Å². The summed E-state index contributed by atoms with van der Waals surface area (Å²) in [6.07, 6.45) is 0. The molecule has 0 saturated heterocycles. The lowest BCUT2D eigenvalue weighted by Crippen LogP contribution is -2.27. The van der Waals surface area contributed by atoms with Crippen molar-refractivity contribution in [3.05, 3.63) is 58.9 Å². The number of aryl methyl sites for hydroxylation is 3. The van der Waals surface area contributed by atoms with Gasteiger partial charge in [-0.1, -0.05) is 29.8 Å². The highest BCUT2D eigenvalue weighted by atomic mass is 16.1. The minimum atomic E-state index is 0.0444. The highest BCUT2D eigenvalue weighted by Gasteiger charge is 2.06. The fraction of sp³-hybridized carbons (Fsp3) is 0.312. The third-order valence-corrected chi connectivity index (χ3v) is 3.33. The van der Waals surface area contributed by atoms with Gasteiger partial charge in [0.1, 0.15) is 6.54 Å². The number of aromatic nitrogens is 1. The van der Waals surface area contributed by atoms with Gasteiger partial charge in [-0.2, -0.15) is 0 Å². The van der Waals surface area contributed by atoms with Gasteiger partial charge in [0.05, 0.1) is 0 Å². The van der Waals surface area contributed by atoms with Crippen molar-refractivity contribution in [2.45, 2.75) is 33.9 Å². The summed E-state index contributed by atoms with van der Waals surface area (Å²) in [5, 5.41) is 2.95. The molecule has 0 aliphatic rings. The second-order valence-electron chi connectivity index (χ2n) is 4.96. The van der Waals surface area contributed by atoms with E-state index < -0.39 is 0 Å². The largest absolute Gasteiger partial charge is 0.350 e. The number of carbonyl (C=O) groups excluding carboxylic acids is 1. The van der Waals surface area contributed by atoms with Crippen molar-refractivity contribution in [1.29, 1.82) is 0 Å². The molecule has 3 heteroatoms. The van der Waals surface area contributed by atoms with Crippen molar-refractivity contribution < 1.29 is 4.79 Å². The van der Waals surface area contributed by atoms with Crippen LogP contribution in [-0.4, -0.2) is 10.5 Å². The SMILES string of the molecule is Cc1ccc(CNC(=O)Cn2c(C)ccc2C)cc1. The molecule has 0 aliphatic heterocycles. The molecule has 19 heavy (non-hydrogen) atoms. The molecule has 0 aliphatic carbocycles. The molecule has 0 unspecified atom stereocenters. The average Bonchev–Trinajstić information content (AvgIpc) is 2.70. The number of carbonyl (C=O) groups is 1. The molecular weight excluding hydrogens is 236 g/mol. The van der Waals surface area contributed by atoms with E-state index in [0.717, 1.165) is 17.0 Å². The van der Waals surface area contributed by atoms with E-state index in [2.05, 4.69) is 24.4 Å². The average molecular weight is 256 g/mol. The first kappa shape index (κ1) is 13.4. The van der Waals surface area contributed by atoms with E-state index in [0.29, 0.717) is 13.1 Å². The quantitative estimate of drug-likeness (QED) is 0.896. The van der Waals surface area contributed by atoms with Crippen LogP contribution in [-0.2, 0) is 17.9 Å². The molecule has 1 N–H and O–H groups in total. The molecule has 2 rings (SSSR count). The van der Waals surface area contributed by atoms with Crippen LogP contribution < -0.4 is 5.32 Å². The van der Waals surface area contributed by atoms with Crippen LogP contribution in [0.1, 0.15) is 22.5 Å². The molecule has 0 atom stereocenters. The van der Waals surface area contributed by atoms with E-state index in [4.69, 9.17) is 0 Å². The molecule has 0 saturated carbocycles. The van der Waals surface area contributed by atoms with Gasteiger partial charge in [0, 0.05) is 17.9 Å². The Bertz CT molecular complexity index is 547. The van der Waals surface area contributed by atoms with Gasteiger partial charge in [-0.05, 0) is 38.5 Å². The summed E-state index contributed by atoms with van der Waals surface area (Å²) < 4.78 is 2.02. The topological polar surface area (TPSA) is 34.0 Å². The summed E-state index contributed by atoms with van der Waals surface area (Å²) in [6, 6.07) is 12.3. The Morgan fingerprint density at radius 3 is 2.16 bits per heavy atom. The molecule has 0 fully saturated rings. The van der Waals surface area contributed by atoms with Crippen LogP contribution in [0.4, 0.5) is 0 Å². The minimum absolute atomic E-state index is 0.0444. The Morgan fingerprint density at radius 1 is 1.00 bits per heavy atom. The molecule has 0 radical (unpaired) electrons. The Balaban J connectivity index is 1.90. The Morgan fingerprint density at radius 2 is 1.58 bits per heavy atom. The molecular formula is C16H20N2O. The number of hydrogen-bond donors (Lipinski definition) is 1. The van der Waals surface area contributed by atoms with Gasteiger partial charge < -0.3 is 9.88 Å². The van der Waals surface area contributed by atoms with Crippen LogP contribution in [0.5, 0.6) is 0 Å². The molecule has 2 aromatic rings. The first-order valence-corrected chi connectivity index (χ1v) is 6.51. The molecule has 3 nitrogen and oxygen atoms in total. The summed E-state index contributed by atoms with van der Waals surface area (Å²) in [5.41, 5.74) is 4.58. The zero-order valence-electron chi connectivity index (χ0n) is 11.7. The number of amides is 1. The maximum absolute atomic E-state index is 11.9. The molecule has 1 aromatic heterocycles. The van der Waals surface area contributed by atoms with E-state index in [9.17, 15) is 4.79 Å². The molecule has 1 amide bonds. The summed E-state index contributed by atoms with van der Waals surface area (Å²) in [5.74, 6) is 0.0444. The standard InChI is InChI=1S/C16H20N2O/c1-12-4-8-15(9-5-12)10-17-16(19)11-18-13(2)6-7-14(18)3/h4-9H,10-11H2,1-3H3,(H,17,19). The number of benzene rings is 1. The number of hydrogen-bond acceptors (Lipinski definition) is 1. The zero-order chi connectivity index (χ0) is 13.8. The molecule has 1 heterocycles. The minimum Gasteiger partial charge on any atom is -0.350 e. The monoisotopic (exact) mass is 256 g/mol. The maximum atomic E-state index is 11.9. The predicted octanol–water partition coefficient (Wildman–Crippen LogP) is 2.73. The molecule has 0 spiro atoms. The van der Waals surface area contributed by atoms with Gasteiger partial charge in [0.25, 0.3) is 0 Å². The van der Waals surface area contributed by atoms with Crippen LogP contribution in [0.2, 0.25) is 0 Å². The molecule has 0 bridgehead atoms. The highest BCUT2D eigenvalue weighted by Crippen LogP contribution is 2.07. The smallest absolute Gasteiger partial charge is 0.240 e. The first-order chi connectivity index (χ1) is 9.06. The summed E-state index contributed by atoms with van der Waals surface area (Å²) >= 11 is 0. The van der Waals surface area contributed by atoms with Gasteiger partial charge in [-0.3, -0.25) is 4.79 Å². The van der Waals surface area contributed by atoms with Crippen LogP contribution in [0.3, 0.4) is 0 Å². The number of nitrogens with zero attached hydrogens (tertiary/aromatic N) is 1. The fourth-order valence-corrected chi connectivity index (χ4v) is 2.05. The Labute approximate surface area is 114 Å². The lowest BCUT2D eigenvalue weighted by atomic mass is 10.1. The third kappa shape index (κ3) is 3.47. The fourth-order valence-electron chi connectivity index (χ4n) is 2.05. The van der Waals surface area contributed by atoms with E-state index >= 15 is 0 Å². The van der Waals surface area contributed by atoms with Crippen molar-refractivity contribution in [3.8, 4) is 0 Å². The van der Waals surface area contributed by atoms with E-state index in [1.54, 1.807) is 0 Å². The predicted molar refractivity (Wildman–Crippen MR) is 76.9 cm³/mol. The van der Waals surface area contributed by atoms with Crippen molar-refractivity contribution in [3.63, 3.8) is 0 Å². The lowest BCUT2D eigenvalue weighted by Gasteiger charge is -2.10. The molecule has 1 aromatic carbocycles. The Hall–Kier alpha value is -2.03. The van der Waals surface area contributed by atoms with Crippen molar-refractivity contribution in [2.75, 3.05) is 0 Å². The van der Waals surface area contributed by atoms with Gasteiger partial charge >= 0.3 is 0 Å². The van der Waals surface area contributed by atoms with Gasteiger partial charge in [0.2, 0.25) is 5.91 Å². The van der Waals surface area contributed by atoms with Crippen LogP contribution in [0.15, 0.2) is 36.4 Å².